The SMILES string of the molecule is COc1ccc(CC(=O)NNC(=O)Cc2ccc(OC)c(OC)c2)cc1. The maximum atomic E-state index is 12.0. The van der Waals surface area contributed by atoms with Gasteiger partial charge >= 0.3 is 0 Å². The Morgan fingerprint density at radius 1 is 0.731 bits per heavy atom. The largest absolute Gasteiger partial charge is 0.497 e. The summed E-state index contributed by atoms with van der Waals surface area (Å²) in [7, 11) is 4.65. The third-order valence-electron chi connectivity index (χ3n) is 3.68. The van der Waals surface area contributed by atoms with Crippen molar-refractivity contribution in [1.82, 2.24) is 10.9 Å². The molecule has 0 aromatic heterocycles. The van der Waals surface area contributed by atoms with E-state index in [0.29, 0.717) is 11.5 Å². The fourth-order valence-corrected chi connectivity index (χ4v) is 2.33. The van der Waals surface area contributed by atoms with Gasteiger partial charge in [-0.15, -0.1) is 0 Å². The molecule has 0 unspecified atom stereocenters. The fourth-order valence-electron chi connectivity index (χ4n) is 2.33. The molecule has 0 bridgehead atoms. The van der Waals surface area contributed by atoms with Crippen molar-refractivity contribution >= 4 is 11.8 Å². The van der Waals surface area contributed by atoms with Crippen LogP contribution >= 0.6 is 0 Å². The summed E-state index contributed by atoms with van der Waals surface area (Å²) >= 11 is 0. The van der Waals surface area contributed by atoms with E-state index in [1.807, 2.05) is 0 Å². The molecule has 0 aliphatic heterocycles. The molecule has 2 rings (SSSR count). The van der Waals surface area contributed by atoms with E-state index in [-0.39, 0.29) is 24.7 Å². The van der Waals surface area contributed by atoms with Gasteiger partial charge in [-0.1, -0.05) is 18.2 Å². The molecular formula is C19H22N2O5. The lowest BCUT2D eigenvalue weighted by Gasteiger charge is -2.10. The van der Waals surface area contributed by atoms with Crippen LogP contribution < -0.4 is 25.1 Å². The van der Waals surface area contributed by atoms with Crippen LogP contribution in [-0.2, 0) is 22.4 Å². The van der Waals surface area contributed by atoms with E-state index in [1.54, 1.807) is 56.7 Å². The van der Waals surface area contributed by atoms with Gasteiger partial charge in [-0.05, 0) is 35.4 Å². The summed E-state index contributed by atoms with van der Waals surface area (Å²) in [5.74, 6) is 1.21. The average Bonchev–Trinajstić information content (AvgIpc) is 2.67. The Labute approximate surface area is 152 Å². The number of methoxy groups -OCH3 is 3. The van der Waals surface area contributed by atoms with Gasteiger partial charge < -0.3 is 14.2 Å². The third-order valence-corrected chi connectivity index (χ3v) is 3.68. The second-order valence-corrected chi connectivity index (χ2v) is 5.49. The Bertz CT molecular complexity index is 759. The quantitative estimate of drug-likeness (QED) is 0.735. The fraction of sp³-hybridized carbons (Fsp3) is 0.263. The lowest BCUT2D eigenvalue weighted by Crippen LogP contribution is -2.43. The van der Waals surface area contributed by atoms with Crippen molar-refractivity contribution in [3.05, 3.63) is 53.6 Å². The van der Waals surface area contributed by atoms with Crippen molar-refractivity contribution in [1.29, 1.82) is 0 Å². The molecule has 26 heavy (non-hydrogen) atoms. The molecule has 0 aliphatic rings. The summed E-state index contributed by atoms with van der Waals surface area (Å²) in [4.78, 5) is 23.9. The first kappa shape index (κ1) is 19.1. The van der Waals surface area contributed by atoms with Crippen LogP contribution in [0.25, 0.3) is 0 Å². The van der Waals surface area contributed by atoms with Gasteiger partial charge in [0.1, 0.15) is 5.75 Å². The molecule has 138 valence electrons. The Morgan fingerprint density at radius 3 is 1.81 bits per heavy atom. The molecule has 2 aromatic carbocycles. The third kappa shape index (κ3) is 5.41. The van der Waals surface area contributed by atoms with Gasteiger partial charge in [0.05, 0.1) is 34.2 Å². The number of ether oxygens (including phenoxy) is 3. The maximum absolute atomic E-state index is 12.0. The zero-order valence-corrected chi connectivity index (χ0v) is 15.0. The monoisotopic (exact) mass is 358 g/mol. The van der Waals surface area contributed by atoms with E-state index in [0.717, 1.165) is 16.9 Å². The molecule has 7 heteroatoms. The molecule has 0 heterocycles. The van der Waals surface area contributed by atoms with E-state index in [1.165, 1.54) is 7.11 Å². The number of benzene rings is 2. The summed E-state index contributed by atoms with van der Waals surface area (Å²) < 4.78 is 15.4. The van der Waals surface area contributed by atoms with Crippen LogP contribution in [0.2, 0.25) is 0 Å². The predicted octanol–water partition coefficient (Wildman–Crippen LogP) is 1.64. The molecule has 2 N–H and O–H groups in total. The summed E-state index contributed by atoms with van der Waals surface area (Å²) in [6.07, 6.45) is 0.254. The second-order valence-electron chi connectivity index (χ2n) is 5.49. The Kier molecular flexibility index (Phi) is 6.84. The van der Waals surface area contributed by atoms with Gasteiger partial charge in [0.25, 0.3) is 0 Å². The molecule has 7 nitrogen and oxygen atoms in total. The minimum absolute atomic E-state index is 0.100. The minimum atomic E-state index is -0.333. The molecule has 0 fully saturated rings. The van der Waals surface area contributed by atoms with E-state index in [9.17, 15) is 9.59 Å². The Morgan fingerprint density at radius 2 is 1.27 bits per heavy atom. The average molecular weight is 358 g/mol. The summed E-state index contributed by atoms with van der Waals surface area (Å²) in [5, 5.41) is 0. The maximum Gasteiger partial charge on any atom is 0.242 e. The highest BCUT2D eigenvalue weighted by Gasteiger charge is 2.10. The van der Waals surface area contributed by atoms with Crippen LogP contribution in [0.1, 0.15) is 11.1 Å². The van der Waals surface area contributed by atoms with Crippen LogP contribution in [0.3, 0.4) is 0 Å². The van der Waals surface area contributed by atoms with Crippen molar-refractivity contribution < 1.29 is 23.8 Å². The van der Waals surface area contributed by atoms with E-state index >= 15 is 0 Å². The van der Waals surface area contributed by atoms with Crippen LogP contribution in [-0.4, -0.2) is 33.1 Å². The zero-order valence-electron chi connectivity index (χ0n) is 15.0. The lowest BCUT2D eigenvalue weighted by molar-refractivity contribution is -0.128. The minimum Gasteiger partial charge on any atom is -0.497 e. The van der Waals surface area contributed by atoms with Crippen molar-refractivity contribution in [3.8, 4) is 17.2 Å². The van der Waals surface area contributed by atoms with Crippen molar-refractivity contribution in [2.24, 2.45) is 0 Å². The lowest BCUT2D eigenvalue weighted by atomic mass is 10.1. The molecule has 0 saturated carbocycles. The van der Waals surface area contributed by atoms with Crippen LogP contribution in [0, 0.1) is 0 Å². The molecule has 2 amide bonds. The highest BCUT2D eigenvalue weighted by molar-refractivity contribution is 5.84. The van der Waals surface area contributed by atoms with Crippen molar-refractivity contribution in [3.63, 3.8) is 0 Å². The molecule has 0 radical (unpaired) electrons. The number of carbonyl (C=O) groups is 2. The molecule has 0 saturated heterocycles. The highest BCUT2D eigenvalue weighted by Crippen LogP contribution is 2.27. The number of nitrogens with one attached hydrogen (secondary N) is 2. The first-order chi connectivity index (χ1) is 12.5. The number of carbonyl (C=O) groups excluding carboxylic acids is 2. The van der Waals surface area contributed by atoms with Crippen molar-refractivity contribution in [2.75, 3.05) is 21.3 Å². The highest BCUT2D eigenvalue weighted by atomic mass is 16.5. The molecule has 2 aromatic rings. The molecule has 0 aliphatic carbocycles. The number of hydrazine groups is 1. The van der Waals surface area contributed by atoms with Gasteiger partial charge in [0.15, 0.2) is 11.5 Å². The summed E-state index contributed by atoms with van der Waals surface area (Å²) in [5.41, 5.74) is 6.37. The van der Waals surface area contributed by atoms with Gasteiger partial charge in [-0.3, -0.25) is 20.4 Å². The smallest absolute Gasteiger partial charge is 0.242 e. The summed E-state index contributed by atoms with van der Waals surface area (Å²) in [6, 6.07) is 12.4. The molecule has 0 atom stereocenters. The predicted molar refractivity (Wildman–Crippen MR) is 96.2 cm³/mol. The Balaban J connectivity index is 1.83. The van der Waals surface area contributed by atoms with E-state index < -0.39 is 0 Å². The second kappa shape index (κ2) is 9.31. The van der Waals surface area contributed by atoms with E-state index in [2.05, 4.69) is 10.9 Å². The summed E-state index contributed by atoms with van der Waals surface area (Å²) in [6.45, 7) is 0. The number of rotatable bonds is 7. The first-order valence-corrected chi connectivity index (χ1v) is 7.97. The van der Waals surface area contributed by atoms with Crippen molar-refractivity contribution in [2.45, 2.75) is 12.8 Å². The van der Waals surface area contributed by atoms with Crippen LogP contribution in [0.15, 0.2) is 42.5 Å². The molecule has 0 spiro atoms. The topological polar surface area (TPSA) is 85.9 Å². The zero-order chi connectivity index (χ0) is 18.9. The van der Waals surface area contributed by atoms with Gasteiger partial charge in [0, 0.05) is 0 Å². The van der Waals surface area contributed by atoms with E-state index in [4.69, 9.17) is 14.2 Å². The first-order valence-electron chi connectivity index (χ1n) is 7.97. The number of hydrogen-bond acceptors (Lipinski definition) is 5. The van der Waals surface area contributed by atoms with Crippen LogP contribution in [0.5, 0.6) is 17.2 Å². The molecular weight excluding hydrogens is 336 g/mol. The normalized spacial score (nSPS) is 9.96. The van der Waals surface area contributed by atoms with Gasteiger partial charge in [-0.25, -0.2) is 0 Å². The Hall–Kier alpha value is -3.22. The standard InChI is InChI=1S/C19H22N2O5/c1-24-15-7-4-13(5-8-15)11-18(22)20-21-19(23)12-14-6-9-16(25-2)17(10-14)26-3/h4-10H,11-12H2,1-3H3,(H,20,22)(H,21,23). The van der Waals surface area contributed by atoms with Crippen LogP contribution in [0.4, 0.5) is 0 Å². The van der Waals surface area contributed by atoms with Gasteiger partial charge in [0.2, 0.25) is 11.8 Å². The number of hydrogen-bond donors (Lipinski definition) is 2. The number of amides is 2. The van der Waals surface area contributed by atoms with Gasteiger partial charge in [-0.2, -0.15) is 0 Å².